The Kier molecular flexibility index (Phi) is 6.84. The van der Waals surface area contributed by atoms with Crippen molar-refractivity contribution < 1.29 is 22.4 Å². The first kappa shape index (κ1) is 22.3. The highest BCUT2D eigenvalue weighted by atomic mass is 32.2. The van der Waals surface area contributed by atoms with Crippen molar-refractivity contribution >= 4 is 38.3 Å². The zero-order chi connectivity index (χ0) is 21.9. The number of sulfonamides is 1. The smallest absolute Gasteiger partial charge is 0.246 e. The molecule has 1 fully saturated rings. The number of carbonyl (C=O) groups is 2. The molecule has 8 nitrogen and oxygen atoms in total. The Bertz CT molecular complexity index is 1030. The van der Waals surface area contributed by atoms with Crippen molar-refractivity contribution in [3.63, 3.8) is 0 Å². The summed E-state index contributed by atoms with van der Waals surface area (Å²) >= 11 is 1.25. The predicted molar refractivity (Wildman–Crippen MR) is 111 cm³/mol. The summed E-state index contributed by atoms with van der Waals surface area (Å²) in [4.78, 5) is 29.8. The maximum absolute atomic E-state index is 13.9. The normalized spacial score (nSPS) is 15.4. The van der Waals surface area contributed by atoms with Crippen LogP contribution in [0.2, 0.25) is 0 Å². The number of amides is 2. The lowest BCUT2D eigenvalue weighted by Crippen LogP contribution is -2.51. The van der Waals surface area contributed by atoms with Gasteiger partial charge >= 0.3 is 0 Å². The average molecular weight is 455 g/mol. The van der Waals surface area contributed by atoms with Crippen LogP contribution in [0.3, 0.4) is 0 Å². The van der Waals surface area contributed by atoms with Crippen molar-refractivity contribution in [2.45, 2.75) is 25.2 Å². The molecule has 0 unspecified atom stereocenters. The van der Waals surface area contributed by atoms with Gasteiger partial charge in [-0.1, -0.05) is 26.0 Å². The third kappa shape index (κ3) is 5.02. The van der Waals surface area contributed by atoms with E-state index in [0.29, 0.717) is 10.8 Å². The van der Waals surface area contributed by atoms with E-state index in [4.69, 9.17) is 0 Å². The molecule has 0 aliphatic carbocycles. The van der Waals surface area contributed by atoms with Crippen LogP contribution in [0.4, 0.5) is 9.52 Å². The third-order valence-electron chi connectivity index (χ3n) is 4.68. The summed E-state index contributed by atoms with van der Waals surface area (Å²) in [5.74, 6) is -1.28. The largest absolute Gasteiger partial charge is 0.340 e. The summed E-state index contributed by atoms with van der Waals surface area (Å²) in [6, 6.07) is 5.25. The second kappa shape index (κ2) is 9.19. The number of carbonyl (C=O) groups excluding carboxylic acids is 2. The van der Waals surface area contributed by atoms with Crippen LogP contribution in [0.5, 0.6) is 0 Å². The molecule has 2 heterocycles. The van der Waals surface area contributed by atoms with Gasteiger partial charge in [0.25, 0.3) is 0 Å². The molecule has 1 aliphatic heterocycles. The van der Waals surface area contributed by atoms with E-state index in [1.165, 1.54) is 33.8 Å². The van der Waals surface area contributed by atoms with Gasteiger partial charge in [0, 0.05) is 37.5 Å². The van der Waals surface area contributed by atoms with Gasteiger partial charge in [0.1, 0.15) is 10.7 Å². The van der Waals surface area contributed by atoms with Gasteiger partial charge in [-0.15, -0.1) is 11.3 Å². The van der Waals surface area contributed by atoms with E-state index < -0.39 is 15.8 Å². The Morgan fingerprint density at radius 3 is 2.50 bits per heavy atom. The Morgan fingerprint density at radius 1 is 1.20 bits per heavy atom. The lowest BCUT2D eigenvalue weighted by atomic mass is 10.2. The zero-order valence-electron chi connectivity index (χ0n) is 16.7. The standard InChI is InChI=1S/C19H23FN4O4S2/c1-13(2)18(26)22-19-21-14(12-29-19)11-17(25)23-7-9-24(10-8-23)30(27,28)16-6-4-3-5-15(16)20/h3-6,12-13H,7-11H2,1-2H3,(H,21,22,26). The second-order valence-corrected chi connectivity index (χ2v) is 9.94. The van der Waals surface area contributed by atoms with Gasteiger partial charge in [-0.3, -0.25) is 9.59 Å². The number of nitrogens with zero attached hydrogens (tertiary/aromatic N) is 3. The van der Waals surface area contributed by atoms with Crippen LogP contribution in [-0.2, 0) is 26.0 Å². The van der Waals surface area contributed by atoms with E-state index in [1.807, 2.05) is 0 Å². The van der Waals surface area contributed by atoms with Crippen molar-refractivity contribution in [3.8, 4) is 0 Å². The summed E-state index contributed by atoms with van der Waals surface area (Å²) in [6.07, 6.45) is 0.0636. The molecular formula is C19H23FN4O4S2. The molecule has 1 aromatic heterocycles. The molecule has 0 radical (unpaired) electrons. The van der Waals surface area contributed by atoms with E-state index in [2.05, 4.69) is 10.3 Å². The van der Waals surface area contributed by atoms with Crippen LogP contribution < -0.4 is 5.32 Å². The van der Waals surface area contributed by atoms with Crippen molar-refractivity contribution in [1.82, 2.24) is 14.2 Å². The average Bonchev–Trinajstić information content (AvgIpc) is 3.14. The van der Waals surface area contributed by atoms with Gasteiger partial charge in [0.15, 0.2) is 5.13 Å². The highest BCUT2D eigenvalue weighted by molar-refractivity contribution is 7.89. The number of hydrogen-bond donors (Lipinski definition) is 1. The highest BCUT2D eigenvalue weighted by Gasteiger charge is 2.31. The van der Waals surface area contributed by atoms with E-state index in [1.54, 1.807) is 24.1 Å². The number of hydrogen-bond acceptors (Lipinski definition) is 6. The van der Waals surface area contributed by atoms with E-state index in [9.17, 15) is 22.4 Å². The maximum Gasteiger partial charge on any atom is 0.246 e. The molecular weight excluding hydrogens is 431 g/mol. The molecule has 30 heavy (non-hydrogen) atoms. The summed E-state index contributed by atoms with van der Waals surface area (Å²) in [6.45, 7) is 4.17. The quantitative estimate of drug-likeness (QED) is 0.719. The van der Waals surface area contributed by atoms with Crippen molar-refractivity contribution in [2.24, 2.45) is 5.92 Å². The SMILES string of the molecule is CC(C)C(=O)Nc1nc(CC(=O)N2CCN(S(=O)(=O)c3ccccc3F)CC2)cs1. The molecule has 0 spiro atoms. The summed E-state index contributed by atoms with van der Waals surface area (Å²) in [7, 11) is -3.95. The number of piperazine rings is 1. The predicted octanol–water partition coefficient (Wildman–Crippen LogP) is 1.95. The number of rotatable bonds is 6. The Labute approximate surface area is 178 Å². The fourth-order valence-corrected chi connectivity index (χ4v) is 5.13. The molecule has 0 atom stereocenters. The molecule has 0 bridgehead atoms. The Hall–Kier alpha value is -2.37. The van der Waals surface area contributed by atoms with Crippen LogP contribution in [-0.4, -0.2) is 60.6 Å². The van der Waals surface area contributed by atoms with Gasteiger partial charge in [0.05, 0.1) is 12.1 Å². The number of nitrogens with one attached hydrogen (secondary N) is 1. The van der Waals surface area contributed by atoms with Gasteiger partial charge in [-0.05, 0) is 12.1 Å². The van der Waals surface area contributed by atoms with Crippen LogP contribution in [0.15, 0.2) is 34.5 Å². The molecule has 11 heteroatoms. The van der Waals surface area contributed by atoms with Gasteiger partial charge in [-0.2, -0.15) is 4.31 Å². The lowest BCUT2D eigenvalue weighted by Gasteiger charge is -2.34. The highest BCUT2D eigenvalue weighted by Crippen LogP contribution is 2.21. The van der Waals surface area contributed by atoms with E-state index in [0.717, 1.165) is 6.07 Å². The molecule has 1 aliphatic rings. The minimum Gasteiger partial charge on any atom is -0.340 e. The molecule has 162 valence electrons. The fourth-order valence-electron chi connectivity index (χ4n) is 2.93. The molecule has 1 N–H and O–H groups in total. The van der Waals surface area contributed by atoms with Gasteiger partial charge in [-0.25, -0.2) is 17.8 Å². The van der Waals surface area contributed by atoms with Crippen LogP contribution in [0, 0.1) is 11.7 Å². The number of anilines is 1. The lowest BCUT2D eigenvalue weighted by molar-refractivity contribution is -0.131. The van der Waals surface area contributed by atoms with Crippen LogP contribution >= 0.6 is 11.3 Å². The molecule has 1 saturated heterocycles. The maximum atomic E-state index is 13.9. The molecule has 2 aromatic rings. The first-order valence-corrected chi connectivity index (χ1v) is 11.8. The van der Waals surface area contributed by atoms with Crippen molar-refractivity contribution in [2.75, 3.05) is 31.5 Å². The Balaban J connectivity index is 1.56. The first-order valence-electron chi connectivity index (χ1n) is 9.46. The molecule has 0 saturated carbocycles. The number of benzene rings is 1. The van der Waals surface area contributed by atoms with E-state index >= 15 is 0 Å². The van der Waals surface area contributed by atoms with Crippen LogP contribution in [0.25, 0.3) is 0 Å². The molecule has 2 amide bonds. The van der Waals surface area contributed by atoms with E-state index in [-0.39, 0.29) is 55.2 Å². The molecule has 1 aromatic carbocycles. The number of thiazole rings is 1. The second-order valence-electron chi connectivity index (χ2n) is 7.18. The first-order chi connectivity index (χ1) is 14.2. The minimum absolute atomic E-state index is 0.0636. The summed E-state index contributed by atoms with van der Waals surface area (Å²) in [5.41, 5.74) is 0.547. The van der Waals surface area contributed by atoms with Gasteiger partial charge in [0.2, 0.25) is 21.8 Å². The zero-order valence-corrected chi connectivity index (χ0v) is 18.3. The summed E-state index contributed by atoms with van der Waals surface area (Å²) < 4.78 is 40.4. The topological polar surface area (TPSA) is 99.7 Å². The third-order valence-corrected chi connectivity index (χ3v) is 7.42. The number of aromatic nitrogens is 1. The Morgan fingerprint density at radius 2 is 1.87 bits per heavy atom. The fraction of sp³-hybridized carbons (Fsp3) is 0.421. The minimum atomic E-state index is -3.95. The monoisotopic (exact) mass is 454 g/mol. The van der Waals surface area contributed by atoms with Crippen LogP contribution in [0.1, 0.15) is 19.5 Å². The van der Waals surface area contributed by atoms with Crippen molar-refractivity contribution in [1.29, 1.82) is 0 Å². The van der Waals surface area contributed by atoms with Gasteiger partial charge < -0.3 is 10.2 Å². The summed E-state index contributed by atoms with van der Waals surface area (Å²) in [5, 5.41) is 4.85. The number of halogens is 1. The van der Waals surface area contributed by atoms with Crippen molar-refractivity contribution in [3.05, 3.63) is 41.2 Å². The molecule has 3 rings (SSSR count).